The summed E-state index contributed by atoms with van der Waals surface area (Å²) < 4.78 is 30.1. The summed E-state index contributed by atoms with van der Waals surface area (Å²) in [5.74, 6) is -0.460. The van der Waals surface area contributed by atoms with Crippen molar-refractivity contribution < 1.29 is 18.1 Å². The van der Waals surface area contributed by atoms with Gasteiger partial charge in [-0.15, -0.1) is 0 Å². The molecule has 0 heterocycles. The highest BCUT2D eigenvalue weighted by Crippen LogP contribution is 2.15. The maximum absolute atomic E-state index is 10.7. The minimum atomic E-state index is -4.04. The SMILES string of the molecule is CCCCCCCCCCCCc1ccc(NC(O)CCS(=O)(=O)O)cc1. The zero-order chi connectivity index (χ0) is 20.0. The molecule has 0 radical (unpaired) electrons. The summed E-state index contributed by atoms with van der Waals surface area (Å²) in [6, 6.07) is 7.85. The largest absolute Gasteiger partial charge is 0.374 e. The third-order valence-electron chi connectivity index (χ3n) is 4.76. The number of hydrogen-bond acceptors (Lipinski definition) is 4. The van der Waals surface area contributed by atoms with Gasteiger partial charge in [-0.25, -0.2) is 0 Å². The van der Waals surface area contributed by atoms with Crippen molar-refractivity contribution in [3.8, 4) is 0 Å². The fraction of sp³-hybridized carbons (Fsp3) is 0.714. The van der Waals surface area contributed by atoms with Crippen LogP contribution in [0.4, 0.5) is 5.69 Å². The molecule has 0 aliphatic rings. The van der Waals surface area contributed by atoms with E-state index in [4.69, 9.17) is 4.55 Å². The first-order chi connectivity index (χ1) is 12.9. The fourth-order valence-corrected chi connectivity index (χ4v) is 3.63. The predicted molar refractivity (Wildman–Crippen MR) is 113 cm³/mol. The van der Waals surface area contributed by atoms with Crippen LogP contribution in [-0.2, 0) is 16.5 Å². The molecule has 0 aliphatic carbocycles. The Balaban J connectivity index is 2.11. The van der Waals surface area contributed by atoms with Crippen LogP contribution < -0.4 is 5.32 Å². The first-order valence-electron chi connectivity index (χ1n) is 10.4. The second-order valence-corrected chi connectivity index (χ2v) is 8.94. The van der Waals surface area contributed by atoms with Crippen LogP contribution in [0.3, 0.4) is 0 Å². The lowest BCUT2D eigenvalue weighted by atomic mass is 10.0. The molecular formula is C21H37NO4S. The quantitative estimate of drug-likeness (QED) is 0.203. The van der Waals surface area contributed by atoms with Gasteiger partial charge in [-0.3, -0.25) is 4.55 Å². The summed E-state index contributed by atoms with van der Waals surface area (Å²) >= 11 is 0. The smallest absolute Gasteiger partial charge is 0.265 e. The topological polar surface area (TPSA) is 86.6 Å². The van der Waals surface area contributed by atoms with E-state index in [1.54, 1.807) is 0 Å². The van der Waals surface area contributed by atoms with Gasteiger partial charge in [-0.1, -0.05) is 76.8 Å². The number of nitrogens with one attached hydrogen (secondary N) is 1. The van der Waals surface area contributed by atoms with Crippen LogP contribution in [0, 0.1) is 0 Å². The number of unbranched alkanes of at least 4 members (excludes halogenated alkanes) is 9. The Hall–Kier alpha value is -1.11. The van der Waals surface area contributed by atoms with E-state index in [0.29, 0.717) is 0 Å². The van der Waals surface area contributed by atoms with Gasteiger partial charge in [0.15, 0.2) is 0 Å². The molecule has 1 aromatic carbocycles. The van der Waals surface area contributed by atoms with Gasteiger partial charge in [0.1, 0.15) is 6.23 Å². The van der Waals surface area contributed by atoms with Gasteiger partial charge in [-0.2, -0.15) is 8.42 Å². The number of benzene rings is 1. The molecule has 0 aromatic heterocycles. The van der Waals surface area contributed by atoms with Crippen LogP contribution in [0.5, 0.6) is 0 Å². The van der Waals surface area contributed by atoms with Gasteiger partial charge in [0.05, 0.1) is 5.75 Å². The fourth-order valence-electron chi connectivity index (χ4n) is 3.11. The molecule has 6 heteroatoms. The molecule has 5 nitrogen and oxygen atoms in total. The van der Waals surface area contributed by atoms with E-state index in [2.05, 4.69) is 12.2 Å². The Bertz CT molecular complexity index is 587. The third-order valence-corrected chi connectivity index (χ3v) is 5.51. The van der Waals surface area contributed by atoms with Gasteiger partial charge in [0.2, 0.25) is 0 Å². The van der Waals surface area contributed by atoms with Gasteiger partial charge >= 0.3 is 0 Å². The summed E-state index contributed by atoms with van der Waals surface area (Å²) in [4.78, 5) is 0. The molecule has 27 heavy (non-hydrogen) atoms. The highest BCUT2D eigenvalue weighted by Gasteiger charge is 2.10. The number of rotatable bonds is 16. The summed E-state index contributed by atoms with van der Waals surface area (Å²) in [5.41, 5.74) is 2.01. The zero-order valence-corrected chi connectivity index (χ0v) is 17.5. The minimum absolute atomic E-state index is 0.0564. The standard InChI is InChI=1S/C21H37NO4S/c1-2-3-4-5-6-7-8-9-10-11-12-19-13-15-20(16-14-19)22-21(23)17-18-27(24,25)26/h13-16,21-23H,2-12,17-18H2,1H3,(H,24,25,26). The van der Waals surface area contributed by atoms with Crippen LogP contribution >= 0.6 is 0 Å². The van der Waals surface area contributed by atoms with Crippen LogP contribution in [0.15, 0.2) is 24.3 Å². The van der Waals surface area contributed by atoms with Crippen molar-refractivity contribution in [3.63, 3.8) is 0 Å². The van der Waals surface area contributed by atoms with Crippen molar-refractivity contribution in [3.05, 3.63) is 29.8 Å². The molecule has 156 valence electrons. The van der Waals surface area contributed by atoms with Crippen LogP contribution in [-0.4, -0.2) is 30.1 Å². The Kier molecular flexibility index (Phi) is 12.4. The van der Waals surface area contributed by atoms with E-state index in [1.165, 1.54) is 69.8 Å². The monoisotopic (exact) mass is 399 g/mol. The molecule has 1 atom stereocenters. The van der Waals surface area contributed by atoms with Crippen molar-refractivity contribution in [1.82, 2.24) is 0 Å². The molecular weight excluding hydrogens is 362 g/mol. The van der Waals surface area contributed by atoms with Gasteiger partial charge in [-0.05, 0) is 30.5 Å². The summed E-state index contributed by atoms with van der Waals surface area (Å²) in [6.45, 7) is 2.25. The number of aliphatic hydroxyl groups is 1. The Morgan fingerprint density at radius 2 is 1.41 bits per heavy atom. The van der Waals surface area contributed by atoms with E-state index >= 15 is 0 Å². The average molecular weight is 400 g/mol. The highest BCUT2D eigenvalue weighted by atomic mass is 32.2. The van der Waals surface area contributed by atoms with E-state index in [9.17, 15) is 13.5 Å². The van der Waals surface area contributed by atoms with Crippen molar-refractivity contribution >= 4 is 15.8 Å². The molecule has 0 saturated heterocycles. The number of aliphatic hydroxyl groups excluding tert-OH is 1. The van der Waals surface area contributed by atoms with E-state index in [1.807, 2.05) is 24.3 Å². The number of anilines is 1. The van der Waals surface area contributed by atoms with Crippen LogP contribution in [0.2, 0.25) is 0 Å². The molecule has 0 spiro atoms. The van der Waals surface area contributed by atoms with Crippen molar-refractivity contribution in [2.45, 2.75) is 90.2 Å². The first-order valence-corrected chi connectivity index (χ1v) is 12.0. The normalized spacial score (nSPS) is 12.9. The molecule has 3 N–H and O–H groups in total. The molecule has 1 unspecified atom stereocenters. The molecule has 0 saturated carbocycles. The molecule has 1 aromatic rings. The molecule has 0 fully saturated rings. The molecule has 0 amide bonds. The van der Waals surface area contributed by atoms with Crippen molar-refractivity contribution in [2.75, 3.05) is 11.1 Å². The van der Waals surface area contributed by atoms with Crippen molar-refractivity contribution in [1.29, 1.82) is 0 Å². The molecule has 0 bridgehead atoms. The lowest BCUT2D eigenvalue weighted by molar-refractivity contribution is 0.199. The van der Waals surface area contributed by atoms with Gasteiger partial charge in [0.25, 0.3) is 10.1 Å². The summed E-state index contributed by atoms with van der Waals surface area (Å²) in [5, 5.41) is 12.6. The predicted octanol–water partition coefficient (Wildman–Crippen LogP) is 5.16. The average Bonchev–Trinajstić information content (AvgIpc) is 2.62. The van der Waals surface area contributed by atoms with E-state index in [-0.39, 0.29) is 6.42 Å². The highest BCUT2D eigenvalue weighted by molar-refractivity contribution is 7.85. The minimum Gasteiger partial charge on any atom is -0.374 e. The Morgan fingerprint density at radius 3 is 1.93 bits per heavy atom. The summed E-state index contributed by atoms with van der Waals surface area (Å²) in [6.07, 6.45) is 13.3. The number of hydrogen-bond donors (Lipinski definition) is 3. The van der Waals surface area contributed by atoms with Crippen LogP contribution in [0.1, 0.15) is 83.1 Å². The zero-order valence-electron chi connectivity index (χ0n) is 16.7. The van der Waals surface area contributed by atoms with Crippen molar-refractivity contribution in [2.24, 2.45) is 0 Å². The second-order valence-electron chi connectivity index (χ2n) is 7.36. The third kappa shape index (κ3) is 13.7. The van der Waals surface area contributed by atoms with E-state index < -0.39 is 22.1 Å². The second kappa shape index (κ2) is 14.0. The van der Waals surface area contributed by atoms with Crippen LogP contribution in [0.25, 0.3) is 0 Å². The Morgan fingerprint density at radius 1 is 0.889 bits per heavy atom. The first kappa shape index (κ1) is 23.9. The molecule has 1 rings (SSSR count). The number of aryl methyl sites for hydroxylation is 1. The summed E-state index contributed by atoms with van der Waals surface area (Å²) in [7, 11) is -4.04. The molecule has 0 aliphatic heterocycles. The Labute approximate surface area is 165 Å². The van der Waals surface area contributed by atoms with Gasteiger partial charge in [0, 0.05) is 12.1 Å². The lowest BCUT2D eigenvalue weighted by Gasteiger charge is -2.13. The maximum atomic E-state index is 10.7. The maximum Gasteiger partial charge on any atom is 0.265 e. The lowest BCUT2D eigenvalue weighted by Crippen LogP contribution is -2.22. The van der Waals surface area contributed by atoms with Gasteiger partial charge < -0.3 is 10.4 Å². The van der Waals surface area contributed by atoms with E-state index in [0.717, 1.165) is 12.1 Å².